The molecule has 0 saturated heterocycles. The monoisotopic (exact) mass is 548 g/mol. The van der Waals surface area contributed by atoms with Gasteiger partial charge in [-0.25, -0.2) is 18.0 Å². The Bertz CT molecular complexity index is 1520. The summed E-state index contributed by atoms with van der Waals surface area (Å²) in [5.41, 5.74) is 7.10. The first kappa shape index (κ1) is 27.1. The second kappa shape index (κ2) is 10.8. The minimum atomic E-state index is -2.37. The fourth-order valence-electron chi connectivity index (χ4n) is 3.88. The van der Waals surface area contributed by atoms with Crippen LogP contribution >= 0.6 is 0 Å². The number of carbonyl (C=O) groups excluding carboxylic acids is 1. The summed E-state index contributed by atoms with van der Waals surface area (Å²) in [5.74, 6) is -14.2. The third kappa shape index (κ3) is 4.96. The summed E-state index contributed by atoms with van der Waals surface area (Å²) < 4.78 is 93.2. The smallest absolute Gasteiger partial charge is 0.349 e. The zero-order valence-corrected chi connectivity index (χ0v) is 20.1. The standard InChI is InChI=1S/C26H17F5N2O6/c1-35-11-3-5-13(16(7-11)36-2)19-14-6-4-12(8-17(14)39-26(33)15(19)9-32)38-18(34)10-37-25-23(30)21(28)20(27)22(29)24(25)31/h3-8,19H,10,33H2,1-2H3. The lowest BCUT2D eigenvalue weighted by molar-refractivity contribution is -0.136. The summed E-state index contributed by atoms with van der Waals surface area (Å²) in [6.45, 7) is -1.19. The van der Waals surface area contributed by atoms with E-state index in [1.54, 1.807) is 18.2 Å². The number of benzene rings is 3. The Morgan fingerprint density at radius 1 is 0.923 bits per heavy atom. The number of esters is 1. The average Bonchev–Trinajstić information content (AvgIpc) is 2.93. The van der Waals surface area contributed by atoms with Gasteiger partial charge in [-0.1, -0.05) is 12.1 Å². The molecular formula is C26H17F5N2O6. The Balaban J connectivity index is 1.59. The largest absolute Gasteiger partial charge is 0.497 e. The molecule has 4 rings (SSSR count). The molecule has 0 aliphatic carbocycles. The fourth-order valence-corrected chi connectivity index (χ4v) is 3.88. The van der Waals surface area contributed by atoms with Gasteiger partial charge in [0.15, 0.2) is 12.4 Å². The molecule has 1 aliphatic heterocycles. The molecule has 202 valence electrons. The molecule has 3 aromatic rings. The molecule has 1 atom stereocenters. The third-order valence-corrected chi connectivity index (χ3v) is 5.68. The van der Waals surface area contributed by atoms with Crippen molar-refractivity contribution in [1.82, 2.24) is 0 Å². The van der Waals surface area contributed by atoms with Gasteiger partial charge in [0.05, 0.1) is 20.1 Å². The van der Waals surface area contributed by atoms with Crippen molar-refractivity contribution in [2.45, 2.75) is 5.92 Å². The lowest BCUT2D eigenvalue weighted by atomic mass is 9.83. The van der Waals surface area contributed by atoms with Gasteiger partial charge < -0.3 is 29.4 Å². The Kier molecular flexibility index (Phi) is 7.48. The number of nitriles is 1. The molecule has 0 aromatic heterocycles. The van der Waals surface area contributed by atoms with E-state index in [1.807, 2.05) is 6.07 Å². The van der Waals surface area contributed by atoms with Crippen molar-refractivity contribution in [2.24, 2.45) is 5.73 Å². The highest BCUT2D eigenvalue weighted by atomic mass is 19.2. The van der Waals surface area contributed by atoms with Crippen LogP contribution in [-0.2, 0) is 4.79 Å². The SMILES string of the molecule is COc1ccc(C2C(C#N)=C(N)Oc3cc(OC(=O)COc4c(F)c(F)c(F)c(F)c4F)ccc32)c(OC)c1. The topological polar surface area (TPSA) is 113 Å². The Morgan fingerprint density at radius 3 is 2.15 bits per heavy atom. The highest BCUT2D eigenvalue weighted by molar-refractivity contribution is 5.74. The van der Waals surface area contributed by atoms with E-state index in [-0.39, 0.29) is 23.0 Å². The van der Waals surface area contributed by atoms with Crippen LogP contribution in [-0.4, -0.2) is 26.8 Å². The molecule has 0 amide bonds. The van der Waals surface area contributed by atoms with Crippen LogP contribution in [0.25, 0.3) is 0 Å². The molecule has 2 N–H and O–H groups in total. The van der Waals surface area contributed by atoms with Crippen molar-refractivity contribution in [3.63, 3.8) is 0 Å². The van der Waals surface area contributed by atoms with Crippen molar-refractivity contribution in [2.75, 3.05) is 20.8 Å². The number of hydrogen-bond donors (Lipinski definition) is 1. The molecule has 0 saturated carbocycles. The summed E-state index contributed by atoms with van der Waals surface area (Å²) in [7, 11) is 2.92. The first-order valence-corrected chi connectivity index (χ1v) is 10.9. The second-order valence-corrected chi connectivity index (χ2v) is 7.89. The molecule has 0 radical (unpaired) electrons. The highest BCUT2D eigenvalue weighted by Gasteiger charge is 2.33. The summed E-state index contributed by atoms with van der Waals surface area (Å²) in [6.07, 6.45) is 0. The van der Waals surface area contributed by atoms with E-state index in [9.17, 15) is 32.0 Å². The van der Waals surface area contributed by atoms with Crippen LogP contribution in [0, 0.1) is 40.4 Å². The van der Waals surface area contributed by atoms with Crippen LogP contribution in [0.3, 0.4) is 0 Å². The molecule has 39 heavy (non-hydrogen) atoms. The number of nitrogens with zero attached hydrogens (tertiary/aromatic N) is 1. The van der Waals surface area contributed by atoms with E-state index in [2.05, 4.69) is 4.74 Å². The lowest BCUT2D eigenvalue weighted by Gasteiger charge is -2.27. The molecular weight excluding hydrogens is 531 g/mol. The molecule has 0 fully saturated rings. The third-order valence-electron chi connectivity index (χ3n) is 5.68. The molecule has 3 aromatic carbocycles. The van der Waals surface area contributed by atoms with Crippen LogP contribution in [0.1, 0.15) is 17.0 Å². The zero-order valence-electron chi connectivity index (χ0n) is 20.1. The number of rotatable bonds is 7. The maximum Gasteiger partial charge on any atom is 0.349 e. The normalized spacial score (nSPS) is 14.2. The van der Waals surface area contributed by atoms with Gasteiger partial charge in [0, 0.05) is 23.3 Å². The van der Waals surface area contributed by atoms with Crippen LogP contribution < -0.4 is 29.4 Å². The van der Waals surface area contributed by atoms with Crippen molar-refractivity contribution in [1.29, 1.82) is 5.26 Å². The number of carbonyl (C=O) groups is 1. The fraction of sp³-hybridized carbons (Fsp3) is 0.154. The van der Waals surface area contributed by atoms with E-state index in [0.29, 0.717) is 22.6 Å². The van der Waals surface area contributed by atoms with Crippen molar-refractivity contribution >= 4 is 5.97 Å². The first-order valence-electron chi connectivity index (χ1n) is 10.9. The maximum atomic E-state index is 13.8. The number of methoxy groups -OCH3 is 2. The molecule has 13 heteroatoms. The number of ether oxygens (including phenoxy) is 5. The van der Waals surface area contributed by atoms with E-state index in [1.165, 1.54) is 32.4 Å². The second-order valence-electron chi connectivity index (χ2n) is 7.89. The average molecular weight is 548 g/mol. The summed E-state index contributed by atoms with van der Waals surface area (Å²) in [6, 6.07) is 11.1. The van der Waals surface area contributed by atoms with Gasteiger partial charge in [-0.2, -0.15) is 14.0 Å². The first-order chi connectivity index (χ1) is 18.6. The van der Waals surface area contributed by atoms with Crippen LogP contribution in [0.15, 0.2) is 47.9 Å². The Hall–Kier alpha value is -4.99. The van der Waals surface area contributed by atoms with Gasteiger partial charge in [0.1, 0.15) is 34.6 Å². The predicted octanol–water partition coefficient (Wildman–Crippen LogP) is 4.60. The van der Waals surface area contributed by atoms with Crippen LogP contribution in [0.2, 0.25) is 0 Å². The van der Waals surface area contributed by atoms with E-state index < -0.39 is 53.3 Å². The van der Waals surface area contributed by atoms with Gasteiger partial charge in [-0.15, -0.1) is 0 Å². The zero-order chi connectivity index (χ0) is 28.4. The van der Waals surface area contributed by atoms with Gasteiger partial charge in [-0.05, 0) is 12.1 Å². The molecule has 1 unspecified atom stereocenters. The number of allylic oxidation sites excluding steroid dienone is 1. The summed E-state index contributed by atoms with van der Waals surface area (Å²) >= 11 is 0. The van der Waals surface area contributed by atoms with Crippen molar-refractivity contribution in [3.05, 3.63) is 88.1 Å². The predicted molar refractivity (Wildman–Crippen MR) is 123 cm³/mol. The summed E-state index contributed by atoms with van der Waals surface area (Å²) in [5, 5.41) is 9.76. The number of hydrogen-bond acceptors (Lipinski definition) is 8. The van der Waals surface area contributed by atoms with E-state index in [4.69, 9.17) is 24.7 Å². The minimum Gasteiger partial charge on any atom is -0.497 e. The maximum absolute atomic E-state index is 13.8. The highest BCUT2D eigenvalue weighted by Crippen LogP contribution is 2.46. The lowest BCUT2D eigenvalue weighted by Crippen LogP contribution is -2.22. The van der Waals surface area contributed by atoms with Crippen LogP contribution in [0.4, 0.5) is 22.0 Å². The van der Waals surface area contributed by atoms with Crippen molar-refractivity contribution < 1.29 is 50.4 Å². The summed E-state index contributed by atoms with van der Waals surface area (Å²) in [4.78, 5) is 12.2. The van der Waals surface area contributed by atoms with Gasteiger partial charge >= 0.3 is 5.97 Å². The van der Waals surface area contributed by atoms with E-state index in [0.717, 1.165) is 0 Å². The van der Waals surface area contributed by atoms with Gasteiger partial charge in [0.2, 0.25) is 35.0 Å². The van der Waals surface area contributed by atoms with Crippen molar-refractivity contribution in [3.8, 4) is 34.8 Å². The number of halogens is 5. The molecule has 1 aliphatic rings. The van der Waals surface area contributed by atoms with E-state index >= 15 is 0 Å². The molecule has 8 nitrogen and oxygen atoms in total. The molecule has 0 bridgehead atoms. The molecule has 1 heterocycles. The van der Waals surface area contributed by atoms with Gasteiger partial charge in [-0.3, -0.25) is 0 Å². The van der Waals surface area contributed by atoms with Crippen LogP contribution in [0.5, 0.6) is 28.7 Å². The minimum absolute atomic E-state index is 0.0897. The number of nitrogens with two attached hydrogens (primary N) is 1. The number of fused-ring (bicyclic) bond motifs is 1. The molecule has 0 spiro atoms. The quantitative estimate of drug-likeness (QED) is 0.150. The Labute approximate surface area is 217 Å². The van der Waals surface area contributed by atoms with Gasteiger partial charge in [0.25, 0.3) is 0 Å². The Morgan fingerprint density at radius 2 is 1.54 bits per heavy atom.